The van der Waals surface area contributed by atoms with Crippen LogP contribution in [-0.2, 0) is 0 Å². The molecule has 0 saturated carbocycles. The van der Waals surface area contributed by atoms with Crippen LogP contribution in [0.3, 0.4) is 0 Å². The average molecular weight is 169 g/mol. The number of benzene rings is 1. The Bertz CT molecular complexity index is 464. The van der Waals surface area contributed by atoms with E-state index in [2.05, 4.69) is 6.07 Å². The second-order valence-electron chi connectivity index (χ2n) is 3.07. The maximum Gasteiger partial charge on any atom is 0.186 e. The number of allylic oxidation sites excluding steroid dienone is 1. The van der Waals surface area contributed by atoms with Gasteiger partial charge in [0.1, 0.15) is 0 Å². The number of ketones is 1. The molecule has 0 unspecified atom stereocenters. The van der Waals surface area contributed by atoms with Crippen molar-refractivity contribution in [2.24, 2.45) is 0 Å². The summed E-state index contributed by atoms with van der Waals surface area (Å²) in [4.78, 5) is 11.3. The van der Waals surface area contributed by atoms with Crippen LogP contribution in [-0.4, -0.2) is 5.78 Å². The van der Waals surface area contributed by atoms with Gasteiger partial charge in [-0.2, -0.15) is 5.26 Å². The Labute approximate surface area is 76.1 Å². The van der Waals surface area contributed by atoms with Crippen LogP contribution in [0.15, 0.2) is 18.2 Å². The third-order valence-corrected chi connectivity index (χ3v) is 2.16. The molecule has 1 aromatic carbocycles. The third kappa shape index (κ3) is 1.06. The number of rotatable bonds is 0. The van der Waals surface area contributed by atoms with Gasteiger partial charge in [-0.1, -0.05) is 6.08 Å². The van der Waals surface area contributed by atoms with Crippen molar-refractivity contribution in [3.05, 3.63) is 40.5 Å². The zero-order valence-electron chi connectivity index (χ0n) is 7.16. The summed E-state index contributed by atoms with van der Waals surface area (Å²) in [6.45, 7) is 1.85. The maximum atomic E-state index is 11.3. The average Bonchev–Trinajstić information content (AvgIpc) is 2.48. The van der Waals surface area contributed by atoms with E-state index in [9.17, 15) is 4.79 Å². The van der Waals surface area contributed by atoms with Gasteiger partial charge in [-0.3, -0.25) is 4.79 Å². The highest BCUT2D eigenvalue weighted by Gasteiger charge is 2.16. The van der Waals surface area contributed by atoms with Crippen molar-refractivity contribution < 1.29 is 4.79 Å². The second-order valence-corrected chi connectivity index (χ2v) is 3.07. The van der Waals surface area contributed by atoms with Crippen molar-refractivity contribution in [3.63, 3.8) is 0 Å². The van der Waals surface area contributed by atoms with Gasteiger partial charge in [0, 0.05) is 5.56 Å². The van der Waals surface area contributed by atoms with Crippen molar-refractivity contribution in [2.45, 2.75) is 6.92 Å². The molecule has 13 heavy (non-hydrogen) atoms. The quantitative estimate of drug-likeness (QED) is 0.596. The highest BCUT2D eigenvalue weighted by atomic mass is 16.1. The first kappa shape index (κ1) is 7.75. The summed E-state index contributed by atoms with van der Waals surface area (Å²) in [6.07, 6.45) is 3.30. The molecule has 1 aliphatic rings. The summed E-state index contributed by atoms with van der Waals surface area (Å²) in [7, 11) is 0. The number of hydrogen-bond donors (Lipinski definition) is 0. The first-order chi connectivity index (χ1) is 6.22. The van der Waals surface area contributed by atoms with E-state index in [1.165, 1.54) is 0 Å². The first-order valence-corrected chi connectivity index (χ1v) is 3.99. The van der Waals surface area contributed by atoms with Gasteiger partial charge >= 0.3 is 0 Å². The molecule has 0 aromatic heterocycles. The van der Waals surface area contributed by atoms with E-state index in [1.54, 1.807) is 24.3 Å². The highest BCUT2D eigenvalue weighted by molar-refractivity contribution is 6.14. The minimum atomic E-state index is 0.0389. The van der Waals surface area contributed by atoms with Crippen molar-refractivity contribution in [1.82, 2.24) is 0 Å². The fraction of sp³-hybridized carbons (Fsp3) is 0.0909. The molecule has 0 amide bonds. The summed E-state index contributed by atoms with van der Waals surface area (Å²) in [5, 5.41) is 8.70. The van der Waals surface area contributed by atoms with E-state index in [0.29, 0.717) is 5.56 Å². The maximum absolute atomic E-state index is 11.3. The van der Waals surface area contributed by atoms with E-state index < -0.39 is 0 Å². The van der Waals surface area contributed by atoms with Crippen molar-refractivity contribution >= 4 is 11.9 Å². The monoisotopic (exact) mass is 169 g/mol. The van der Waals surface area contributed by atoms with Crippen LogP contribution in [0.25, 0.3) is 6.08 Å². The van der Waals surface area contributed by atoms with Crippen LogP contribution >= 0.6 is 0 Å². The molecule has 0 aliphatic heterocycles. The van der Waals surface area contributed by atoms with Crippen LogP contribution in [0.2, 0.25) is 0 Å². The van der Waals surface area contributed by atoms with Gasteiger partial charge < -0.3 is 0 Å². The number of nitriles is 1. The molecule has 0 spiro atoms. The molecule has 0 atom stereocenters. The number of aryl methyl sites for hydroxylation is 1. The number of hydrogen-bond acceptors (Lipinski definition) is 2. The van der Waals surface area contributed by atoms with E-state index in [0.717, 1.165) is 16.7 Å². The van der Waals surface area contributed by atoms with Gasteiger partial charge in [-0.15, -0.1) is 0 Å². The smallest absolute Gasteiger partial charge is 0.186 e. The van der Waals surface area contributed by atoms with Crippen molar-refractivity contribution in [1.29, 1.82) is 5.26 Å². The molecule has 0 heterocycles. The van der Waals surface area contributed by atoms with Crippen LogP contribution in [0.4, 0.5) is 0 Å². The van der Waals surface area contributed by atoms with E-state index in [-0.39, 0.29) is 5.78 Å². The molecule has 62 valence electrons. The molecule has 0 N–H and O–H groups in total. The predicted molar refractivity (Wildman–Crippen MR) is 49.3 cm³/mol. The van der Waals surface area contributed by atoms with Gasteiger partial charge in [0.05, 0.1) is 11.6 Å². The Morgan fingerprint density at radius 1 is 1.31 bits per heavy atom. The normalized spacial score (nSPS) is 12.8. The Morgan fingerprint density at radius 3 is 2.77 bits per heavy atom. The molecule has 0 bridgehead atoms. The molecule has 1 aromatic rings. The summed E-state index contributed by atoms with van der Waals surface area (Å²) in [5.74, 6) is 0.0389. The fourth-order valence-electron chi connectivity index (χ4n) is 1.60. The van der Waals surface area contributed by atoms with E-state index in [1.807, 2.05) is 6.92 Å². The largest absolute Gasteiger partial charge is 0.289 e. The van der Waals surface area contributed by atoms with Crippen LogP contribution in [0.1, 0.15) is 27.0 Å². The Balaban J connectivity index is 2.73. The van der Waals surface area contributed by atoms with Gasteiger partial charge in [0.2, 0.25) is 0 Å². The molecule has 2 rings (SSSR count). The second kappa shape index (κ2) is 2.56. The van der Waals surface area contributed by atoms with E-state index in [4.69, 9.17) is 5.26 Å². The summed E-state index contributed by atoms with van der Waals surface area (Å²) < 4.78 is 0. The Hall–Kier alpha value is -1.88. The molecule has 0 fully saturated rings. The number of nitrogens with zero attached hydrogens (tertiary/aromatic N) is 1. The van der Waals surface area contributed by atoms with Gasteiger partial charge in [-0.05, 0) is 36.3 Å². The lowest BCUT2D eigenvalue weighted by Crippen LogP contribution is -1.96. The highest BCUT2D eigenvalue weighted by Crippen LogP contribution is 2.24. The fourth-order valence-corrected chi connectivity index (χ4v) is 1.60. The van der Waals surface area contributed by atoms with Gasteiger partial charge in [-0.25, -0.2) is 0 Å². The Kier molecular flexibility index (Phi) is 1.53. The van der Waals surface area contributed by atoms with Gasteiger partial charge in [0.25, 0.3) is 0 Å². The SMILES string of the molecule is Cc1cc(C#N)cc2c1C(=O)C=C2. The van der Waals surface area contributed by atoms with Gasteiger partial charge in [0.15, 0.2) is 5.78 Å². The lowest BCUT2D eigenvalue weighted by atomic mass is 10.0. The van der Waals surface area contributed by atoms with Crippen LogP contribution in [0, 0.1) is 18.3 Å². The van der Waals surface area contributed by atoms with Crippen molar-refractivity contribution in [3.8, 4) is 6.07 Å². The first-order valence-electron chi connectivity index (χ1n) is 3.99. The molecule has 0 radical (unpaired) electrons. The third-order valence-electron chi connectivity index (χ3n) is 2.16. The zero-order valence-corrected chi connectivity index (χ0v) is 7.16. The van der Waals surface area contributed by atoms with Crippen molar-refractivity contribution in [2.75, 3.05) is 0 Å². The minimum absolute atomic E-state index is 0.0389. The molecule has 2 heteroatoms. The van der Waals surface area contributed by atoms with E-state index >= 15 is 0 Å². The number of carbonyl (C=O) groups is 1. The minimum Gasteiger partial charge on any atom is -0.289 e. The lowest BCUT2D eigenvalue weighted by Gasteiger charge is -2.02. The summed E-state index contributed by atoms with van der Waals surface area (Å²) in [5.41, 5.74) is 3.08. The molecule has 0 saturated heterocycles. The lowest BCUT2D eigenvalue weighted by molar-refractivity contribution is 0.104. The number of carbonyl (C=O) groups excluding carboxylic acids is 1. The summed E-state index contributed by atoms with van der Waals surface area (Å²) in [6, 6.07) is 5.55. The standard InChI is InChI=1S/C11H7NO/c1-7-4-8(6-12)5-9-2-3-10(13)11(7)9/h2-5H,1H3. The zero-order chi connectivity index (χ0) is 9.42. The Morgan fingerprint density at radius 2 is 2.08 bits per heavy atom. The number of fused-ring (bicyclic) bond motifs is 1. The molecule has 2 nitrogen and oxygen atoms in total. The molecule has 1 aliphatic carbocycles. The predicted octanol–water partition coefficient (Wildman–Crippen LogP) is 2.08. The topological polar surface area (TPSA) is 40.9 Å². The summed E-state index contributed by atoms with van der Waals surface area (Å²) >= 11 is 0. The molecular weight excluding hydrogens is 162 g/mol. The van der Waals surface area contributed by atoms with Crippen LogP contribution < -0.4 is 0 Å². The molecular formula is C11H7NO. The van der Waals surface area contributed by atoms with Crippen LogP contribution in [0.5, 0.6) is 0 Å².